The molecule has 2 fully saturated rings. The van der Waals surface area contributed by atoms with Crippen LogP contribution in [0.3, 0.4) is 0 Å². The van der Waals surface area contributed by atoms with E-state index in [4.69, 9.17) is 14.9 Å². The number of alkyl halides is 1. The minimum absolute atomic E-state index is 0.0581. The van der Waals surface area contributed by atoms with Gasteiger partial charge < -0.3 is 14.9 Å². The van der Waals surface area contributed by atoms with Crippen molar-refractivity contribution in [3.63, 3.8) is 0 Å². The van der Waals surface area contributed by atoms with E-state index in [0.29, 0.717) is 18.8 Å². The van der Waals surface area contributed by atoms with Gasteiger partial charge in [0, 0.05) is 36.7 Å². The highest BCUT2D eigenvalue weighted by atomic mass is 19.2. The van der Waals surface area contributed by atoms with Crippen molar-refractivity contribution in [2.75, 3.05) is 26.2 Å². The molecule has 2 unspecified atom stereocenters. The molecule has 3 aliphatic rings. The molecule has 1 aliphatic carbocycles. The van der Waals surface area contributed by atoms with Gasteiger partial charge in [-0.2, -0.15) is 0 Å². The van der Waals surface area contributed by atoms with Gasteiger partial charge in [-0.3, -0.25) is 9.80 Å². The van der Waals surface area contributed by atoms with Crippen LogP contribution in [0.1, 0.15) is 58.9 Å². The molecule has 2 aliphatic heterocycles. The fourth-order valence-electron chi connectivity index (χ4n) is 4.54. The van der Waals surface area contributed by atoms with Crippen LogP contribution in [-0.2, 0) is 16.1 Å². The number of carbonyl (C=O) groups is 2. The number of aliphatic hydroxyl groups is 1. The molecule has 2 atom stereocenters. The first kappa shape index (κ1) is 38.4. The lowest BCUT2D eigenvalue weighted by atomic mass is 9.80. The average Bonchev–Trinajstić information content (AvgIpc) is 3.18. The summed E-state index contributed by atoms with van der Waals surface area (Å²) >= 11 is 0. The summed E-state index contributed by atoms with van der Waals surface area (Å²) in [4.78, 5) is 27.2. The summed E-state index contributed by atoms with van der Waals surface area (Å²) in [6.07, 6.45) is 5.20. The summed E-state index contributed by atoms with van der Waals surface area (Å²) in [5, 5.41) is 17.0. The van der Waals surface area contributed by atoms with Crippen LogP contribution in [0.5, 0.6) is 0 Å². The number of aliphatic carboxylic acids is 1. The second-order valence-corrected chi connectivity index (χ2v) is 10.8. The zero-order valence-electron chi connectivity index (χ0n) is 26.3. The molecule has 7 nitrogen and oxygen atoms in total. The topological polar surface area (TPSA) is 90.3 Å². The van der Waals surface area contributed by atoms with Gasteiger partial charge in [0.05, 0.1) is 5.57 Å². The van der Waals surface area contributed by atoms with Crippen LogP contribution in [0.4, 0.5) is 18.0 Å². The van der Waals surface area contributed by atoms with Crippen molar-refractivity contribution in [1.29, 1.82) is 0 Å². The van der Waals surface area contributed by atoms with Gasteiger partial charge in [-0.05, 0) is 76.1 Å². The van der Waals surface area contributed by atoms with Crippen molar-refractivity contribution in [1.82, 2.24) is 9.80 Å². The highest BCUT2D eigenvalue weighted by Crippen LogP contribution is 2.37. The molecule has 0 aromatic heterocycles. The van der Waals surface area contributed by atoms with Gasteiger partial charge in [0.1, 0.15) is 18.6 Å². The monoisotopic (exact) mass is 620 g/mol. The third-order valence-corrected chi connectivity index (χ3v) is 6.79. The SMILES string of the molecule is C=C(/C=C\C(=C)N1CC2(CCCN(Cc3ccccc3)CC2)COC1=O)C(=O)O.CC.CC(C)O.FC1=C(F)CC(F)C=C1. The first-order valence-electron chi connectivity index (χ1n) is 14.9. The van der Waals surface area contributed by atoms with Crippen LogP contribution >= 0.6 is 0 Å². The zero-order valence-corrected chi connectivity index (χ0v) is 26.3. The second-order valence-electron chi connectivity index (χ2n) is 10.8. The van der Waals surface area contributed by atoms with E-state index < -0.39 is 36.3 Å². The van der Waals surface area contributed by atoms with Gasteiger partial charge in [0.2, 0.25) is 0 Å². The highest BCUT2D eigenvalue weighted by molar-refractivity contribution is 5.89. The van der Waals surface area contributed by atoms with Gasteiger partial charge in [-0.1, -0.05) is 57.3 Å². The minimum Gasteiger partial charge on any atom is -0.478 e. The molecule has 0 saturated carbocycles. The Balaban J connectivity index is 0.000000533. The number of cyclic esters (lactones) is 1. The van der Waals surface area contributed by atoms with Crippen LogP contribution < -0.4 is 0 Å². The van der Waals surface area contributed by atoms with E-state index in [2.05, 4.69) is 42.3 Å². The van der Waals surface area contributed by atoms with Crippen molar-refractivity contribution in [2.45, 2.75) is 72.2 Å². The summed E-state index contributed by atoms with van der Waals surface area (Å²) in [5.41, 5.74) is 1.55. The number of halogens is 3. The summed E-state index contributed by atoms with van der Waals surface area (Å²) in [5.74, 6) is -3.05. The molecular weight excluding hydrogens is 573 g/mol. The normalized spacial score (nSPS) is 21.7. The first-order valence-corrected chi connectivity index (χ1v) is 14.9. The van der Waals surface area contributed by atoms with Crippen LogP contribution in [0, 0.1) is 5.41 Å². The molecule has 244 valence electrons. The number of ether oxygens (including phenoxy) is 1. The molecule has 4 rings (SSSR count). The third-order valence-electron chi connectivity index (χ3n) is 6.79. The molecule has 1 aromatic rings. The van der Waals surface area contributed by atoms with E-state index in [1.807, 2.05) is 19.9 Å². The number of rotatable bonds is 6. The molecule has 1 spiro atoms. The zero-order chi connectivity index (χ0) is 33.3. The van der Waals surface area contributed by atoms with E-state index in [0.717, 1.165) is 51.0 Å². The van der Waals surface area contributed by atoms with Gasteiger partial charge in [-0.25, -0.2) is 22.8 Å². The first-order chi connectivity index (χ1) is 20.8. The summed E-state index contributed by atoms with van der Waals surface area (Å²) in [6, 6.07) is 10.4. The Kier molecular flexibility index (Phi) is 17.1. The second kappa shape index (κ2) is 19.6. The van der Waals surface area contributed by atoms with Crippen LogP contribution in [0.2, 0.25) is 0 Å². The van der Waals surface area contributed by atoms with Gasteiger partial charge >= 0.3 is 12.1 Å². The number of carbonyl (C=O) groups excluding carboxylic acids is 1. The van der Waals surface area contributed by atoms with E-state index in [9.17, 15) is 22.8 Å². The number of amides is 1. The van der Waals surface area contributed by atoms with E-state index >= 15 is 0 Å². The molecule has 2 saturated heterocycles. The molecule has 1 amide bonds. The Hall–Kier alpha value is -3.63. The van der Waals surface area contributed by atoms with Gasteiger partial charge in [-0.15, -0.1) is 0 Å². The number of benzene rings is 1. The Morgan fingerprint density at radius 1 is 1.14 bits per heavy atom. The number of hydrogen-bond acceptors (Lipinski definition) is 5. The smallest absolute Gasteiger partial charge is 0.414 e. The van der Waals surface area contributed by atoms with Gasteiger partial charge in [0.25, 0.3) is 0 Å². The summed E-state index contributed by atoms with van der Waals surface area (Å²) in [7, 11) is 0. The lowest BCUT2D eigenvalue weighted by Gasteiger charge is -2.41. The number of carboxylic acids is 1. The number of nitrogens with zero attached hydrogens (tertiary/aromatic N) is 2. The molecule has 0 bridgehead atoms. The quantitative estimate of drug-likeness (QED) is 0.251. The fourth-order valence-corrected chi connectivity index (χ4v) is 4.54. The summed E-state index contributed by atoms with van der Waals surface area (Å²) < 4.78 is 41.6. The number of hydrogen-bond donors (Lipinski definition) is 2. The number of carboxylic acid groups (broad SMARTS) is 1. The lowest BCUT2D eigenvalue weighted by Crippen LogP contribution is -2.49. The van der Waals surface area contributed by atoms with E-state index in [1.165, 1.54) is 22.6 Å². The average molecular weight is 621 g/mol. The van der Waals surface area contributed by atoms with Crippen LogP contribution in [0.25, 0.3) is 0 Å². The van der Waals surface area contributed by atoms with E-state index in [-0.39, 0.29) is 17.1 Å². The van der Waals surface area contributed by atoms with Crippen molar-refractivity contribution >= 4 is 12.1 Å². The van der Waals surface area contributed by atoms with Crippen LogP contribution in [-0.4, -0.2) is 70.6 Å². The number of likely N-dealkylation sites (tertiary alicyclic amines) is 1. The van der Waals surface area contributed by atoms with Gasteiger partial charge in [0.15, 0.2) is 5.83 Å². The Morgan fingerprint density at radius 3 is 2.34 bits per heavy atom. The number of aliphatic hydroxyl groups excluding tert-OH is 1. The molecule has 44 heavy (non-hydrogen) atoms. The predicted molar refractivity (Wildman–Crippen MR) is 168 cm³/mol. The Morgan fingerprint density at radius 2 is 1.77 bits per heavy atom. The molecule has 0 radical (unpaired) electrons. The molecule has 2 N–H and O–H groups in total. The molecular formula is C34H47F3N2O5. The minimum atomic E-state index is -1.36. The maximum atomic E-state index is 12.3. The maximum absolute atomic E-state index is 12.3. The highest BCUT2D eigenvalue weighted by Gasteiger charge is 2.41. The Labute approximate surface area is 259 Å². The number of allylic oxidation sites excluding steroid dienone is 5. The lowest BCUT2D eigenvalue weighted by molar-refractivity contribution is -0.132. The van der Waals surface area contributed by atoms with Crippen molar-refractivity contribution in [2.24, 2.45) is 5.41 Å². The molecule has 1 aromatic carbocycles. The van der Waals surface area contributed by atoms with E-state index in [1.54, 1.807) is 13.8 Å². The molecule has 10 heteroatoms. The predicted octanol–water partition coefficient (Wildman–Crippen LogP) is 7.67. The Bertz CT molecular complexity index is 1180. The van der Waals surface area contributed by atoms with Crippen molar-refractivity contribution < 1.29 is 37.7 Å². The fraction of sp³-hybridized carbons (Fsp3) is 0.471. The van der Waals surface area contributed by atoms with Crippen molar-refractivity contribution in [3.8, 4) is 0 Å². The van der Waals surface area contributed by atoms with Crippen LogP contribution in [0.15, 0.2) is 90.7 Å². The maximum Gasteiger partial charge on any atom is 0.414 e. The standard InChI is InChI=1S/C23H28N2O4.C6H5F3.C3H8O.C2H6/c1-18(21(26)27)9-10-19(2)25-16-23(17-29-22(25)28)11-6-13-24(14-12-23)15-20-7-4-3-5-8-20;7-4-1-2-5(8)6(9)3-4;1-3(2)4;1-2/h3-5,7-10H,1-2,6,11-17H2,(H,26,27);1-2,4H,3H2;3-4H,1-2H3;1-2H3/b10-9-;;;. The largest absolute Gasteiger partial charge is 0.478 e. The van der Waals surface area contributed by atoms with Crippen molar-refractivity contribution in [3.05, 3.63) is 96.3 Å². The third kappa shape index (κ3) is 13.8. The summed E-state index contributed by atoms with van der Waals surface area (Å²) in [6.45, 7) is 18.7. The molecule has 2 heterocycles.